The van der Waals surface area contributed by atoms with Crippen molar-refractivity contribution in [1.82, 2.24) is 29.7 Å². The fourth-order valence-corrected chi connectivity index (χ4v) is 4.61. The Morgan fingerprint density at radius 2 is 2.12 bits per heavy atom. The minimum atomic E-state index is -0.975. The third kappa shape index (κ3) is 4.46. The van der Waals surface area contributed by atoms with Gasteiger partial charge in [-0.1, -0.05) is 6.07 Å². The number of hydrogen-bond donors (Lipinski definition) is 3. The van der Waals surface area contributed by atoms with E-state index in [1.165, 1.54) is 5.56 Å². The monoisotopic (exact) mass is 449 g/mol. The maximum atomic E-state index is 13.1. The third-order valence-corrected chi connectivity index (χ3v) is 6.30. The average Bonchev–Trinajstić information content (AvgIpc) is 3.41. The van der Waals surface area contributed by atoms with Gasteiger partial charge >= 0.3 is 12.0 Å². The molecule has 3 aromatic rings. The summed E-state index contributed by atoms with van der Waals surface area (Å²) in [5.41, 5.74) is 3.71. The smallest absolute Gasteiger partial charge is 0.320 e. The second kappa shape index (κ2) is 9.05. The van der Waals surface area contributed by atoms with Crippen LogP contribution in [0.1, 0.15) is 42.4 Å². The fraction of sp³-hybridized carbons (Fsp3) is 0.435. The van der Waals surface area contributed by atoms with Crippen molar-refractivity contribution in [3.8, 4) is 0 Å². The van der Waals surface area contributed by atoms with Crippen LogP contribution in [0.25, 0.3) is 11.0 Å². The van der Waals surface area contributed by atoms with Gasteiger partial charge in [-0.3, -0.25) is 9.78 Å². The molecule has 0 saturated carbocycles. The van der Waals surface area contributed by atoms with Crippen LogP contribution >= 0.6 is 0 Å². The van der Waals surface area contributed by atoms with E-state index in [4.69, 9.17) is 4.98 Å². The molecule has 1 saturated heterocycles. The van der Waals surface area contributed by atoms with E-state index in [-0.39, 0.29) is 12.5 Å². The van der Waals surface area contributed by atoms with Gasteiger partial charge in [0, 0.05) is 38.1 Å². The summed E-state index contributed by atoms with van der Waals surface area (Å²) < 4.78 is 0. The number of carboxylic acids is 1. The van der Waals surface area contributed by atoms with E-state index in [1.807, 2.05) is 0 Å². The lowest BCUT2D eigenvalue weighted by atomic mass is 10.1. The number of rotatable bonds is 8. The van der Waals surface area contributed by atoms with E-state index >= 15 is 0 Å². The number of carbonyl (C=O) groups is 2. The highest BCUT2D eigenvalue weighted by Crippen LogP contribution is 2.28. The normalized spacial score (nSPS) is 16.7. The molecule has 1 atom stereocenters. The van der Waals surface area contributed by atoms with Crippen molar-refractivity contribution in [1.29, 1.82) is 0 Å². The zero-order chi connectivity index (χ0) is 22.8. The van der Waals surface area contributed by atoms with Gasteiger partial charge < -0.3 is 25.2 Å². The summed E-state index contributed by atoms with van der Waals surface area (Å²) in [6.45, 7) is 2.59. The maximum Gasteiger partial charge on any atom is 0.320 e. The number of amides is 2. The molecule has 33 heavy (non-hydrogen) atoms. The van der Waals surface area contributed by atoms with Crippen LogP contribution in [0.5, 0.6) is 0 Å². The van der Waals surface area contributed by atoms with Gasteiger partial charge in [0.25, 0.3) is 0 Å². The molecule has 0 radical (unpaired) electrons. The lowest BCUT2D eigenvalue weighted by molar-refractivity contribution is -0.138. The summed E-state index contributed by atoms with van der Waals surface area (Å²) in [7, 11) is 0. The molecule has 3 aromatic heterocycles. The van der Waals surface area contributed by atoms with Crippen LogP contribution in [0, 0.1) is 0 Å². The van der Waals surface area contributed by atoms with Crippen molar-refractivity contribution in [2.24, 2.45) is 0 Å². The topological polar surface area (TPSA) is 127 Å². The molecule has 2 aliphatic rings. The number of carbonyl (C=O) groups excluding carboxylic acids is 1. The molecule has 0 bridgehead atoms. The van der Waals surface area contributed by atoms with Gasteiger partial charge in [0.05, 0.1) is 23.7 Å². The predicted molar refractivity (Wildman–Crippen MR) is 122 cm³/mol. The molecular weight excluding hydrogens is 422 g/mol. The number of pyridine rings is 2. The minimum Gasteiger partial charge on any atom is -0.481 e. The number of anilines is 1. The van der Waals surface area contributed by atoms with Crippen molar-refractivity contribution in [2.75, 3.05) is 31.5 Å². The Balaban J connectivity index is 1.23. The first-order valence-corrected chi connectivity index (χ1v) is 11.4. The Morgan fingerprint density at radius 3 is 2.97 bits per heavy atom. The zero-order valence-electron chi connectivity index (χ0n) is 18.3. The summed E-state index contributed by atoms with van der Waals surface area (Å²) in [4.78, 5) is 44.5. The first-order chi connectivity index (χ1) is 16.1. The summed E-state index contributed by atoms with van der Waals surface area (Å²) in [5, 5.41) is 12.8. The Hall–Kier alpha value is -3.69. The molecule has 10 nitrogen and oxygen atoms in total. The summed E-state index contributed by atoms with van der Waals surface area (Å²) in [5.74, 6) is 0.484. The molecule has 5 rings (SSSR count). The lowest BCUT2D eigenvalue weighted by Crippen LogP contribution is -2.36. The summed E-state index contributed by atoms with van der Waals surface area (Å²) in [6.07, 6.45) is 6.85. The van der Waals surface area contributed by atoms with Gasteiger partial charge in [-0.2, -0.15) is 0 Å². The number of aromatic nitrogens is 4. The van der Waals surface area contributed by atoms with Crippen molar-refractivity contribution in [3.05, 3.63) is 47.7 Å². The van der Waals surface area contributed by atoms with Crippen LogP contribution in [0.2, 0.25) is 0 Å². The molecule has 0 spiro atoms. The third-order valence-electron chi connectivity index (χ3n) is 6.30. The molecule has 5 heterocycles. The van der Waals surface area contributed by atoms with Gasteiger partial charge in [0.2, 0.25) is 0 Å². The van der Waals surface area contributed by atoms with Crippen LogP contribution in [0.3, 0.4) is 0 Å². The number of nitrogens with one attached hydrogen (secondary N) is 2. The largest absolute Gasteiger partial charge is 0.481 e. The maximum absolute atomic E-state index is 13.1. The Labute approximate surface area is 191 Å². The minimum absolute atomic E-state index is 0.153. The van der Waals surface area contributed by atoms with E-state index < -0.39 is 12.0 Å². The molecule has 3 N–H and O–H groups in total. The highest BCUT2D eigenvalue weighted by molar-refractivity contribution is 5.79. The summed E-state index contributed by atoms with van der Waals surface area (Å²) >= 11 is 0. The van der Waals surface area contributed by atoms with Crippen molar-refractivity contribution in [2.45, 2.75) is 38.1 Å². The van der Waals surface area contributed by atoms with Crippen LogP contribution in [-0.4, -0.2) is 73.0 Å². The van der Waals surface area contributed by atoms with Crippen LogP contribution in [-0.2, 0) is 17.6 Å². The van der Waals surface area contributed by atoms with Gasteiger partial charge in [-0.15, -0.1) is 0 Å². The molecule has 10 heteroatoms. The van der Waals surface area contributed by atoms with Gasteiger partial charge in [-0.25, -0.2) is 14.8 Å². The first kappa shape index (κ1) is 21.2. The standard InChI is InChI=1S/C23H27N7O3/c31-20(32)13-19(22-27-17-7-9-24-14-18(17)28-22)30-12-11-29(23(30)33)10-2-4-16-6-5-15-3-1-8-25-21(15)26-16/h5-7,9,14,19H,1-4,8,10-13H2,(H,25,26)(H,27,28)(H,31,32)/t19-/m0/s1. The highest BCUT2D eigenvalue weighted by atomic mass is 16.4. The van der Waals surface area contributed by atoms with Crippen LogP contribution < -0.4 is 5.32 Å². The molecule has 1 fully saturated rings. The molecule has 2 amide bonds. The van der Waals surface area contributed by atoms with E-state index in [2.05, 4.69) is 32.4 Å². The molecule has 0 aliphatic carbocycles. The molecule has 0 unspecified atom stereocenters. The van der Waals surface area contributed by atoms with Gasteiger partial charge in [0.15, 0.2) is 0 Å². The van der Waals surface area contributed by atoms with Crippen molar-refractivity contribution >= 4 is 28.9 Å². The molecular formula is C23H27N7O3. The number of aryl methyl sites for hydroxylation is 2. The quantitative estimate of drug-likeness (QED) is 0.482. The zero-order valence-corrected chi connectivity index (χ0v) is 18.3. The molecule has 2 aliphatic heterocycles. The Kier molecular flexibility index (Phi) is 5.80. The molecule has 172 valence electrons. The summed E-state index contributed by atoms with van der Waals surface area (Å²) in [6, 6.07) is 5.17. The number of nitrogens with zero attached hydrogens (tertiary/aromatic N) is 5. The van der Waals surface area contributed by atoms with E-state index in [9.17, 15) is 14.7 Å². The molecule has 0 aromatic carbocycles. The SMILES string of the molecule is O=C(O)C[C@@H](c1nc2ccncc2[nH]1)N1CCN(CCCc2ccc3c(n2)NCCC3)C1=O. The Bertz CT molecular complexity index is 1140. The average molecular weight is 450 g/mol. The van der Waals surface area contributed by atoms with Gasteiger partial charge in [-0.05, 0) is 43.4 Å². The lowest BCUT2D eigenvalue weighted by Gasteiger charge is -2.25. The van der Waals surface area contributed by atoms with Gasteiger partial charge in [0.1, 0.15) is 17.7 Å². The number of aromatic amines is 1. The van der Waals surface area contributed by atoms with Crippen LogP contribution in [0.15, 0.2) is 30.6 Å². The van der Waals surface area contributed by atoms with E-state index in [0.717, 1.165) is 49.3 Å². The Morgan fingerprint density at radius 1 is 1.21 bits per heavy atom. The number of hydrogen-bond acceptors (Lipinski definition) is 6. The van der Waals surface area contributed by atoms with Crippen molar-refractivity contribution in [3.63, 3.8) is 0 Å². The second-order valence-electron chi connectivity index (χ2n) is 8.54. The van der Waals surface area contributed by atoms with Crippen molar-refractivity contribution < 1.29 is 14.7 Å². The second-order valence-corrected chi connectivity index (χ2v) is 8.54. The number of aliphatic carboxylic acids is 1. The van der Waals surface area contributed by atoms with E-state index in [0.29, 0.717) is 31.0 Å². The predicted octanol–water partition coefficient (Wildman–Crippen LogP) is 2.60. The van der Waals surface area contributed by atoms with E-state index in [1.54, 1.807) is 28.3 Å². The fourth-order valence-electron chi connectivity index (χ4n) is 4.61. The number of H-pyrrole nitrogens is 1. The number of urea groups is 1. The number of carboxylic acid groups (broad SMARTS) is 1. The number of imidazole rings is 1. The van der Waals surface area contributed by atoms with Crippen LogP contribution in [0.4, 0.5) is 10.6 Å². The number of fused-ring (bicyclic) bond motifs is 2. The first-order valence-electron chi connectivity index (χ1n) is 11.4. The highest BCUT2D eigenvalue weighted by Gasteiger charge is 2.36.